The molecule has 6 heteroatoms. The molecule has 0 atom stereocenters. The second kappa shape index (κ2) is 7.66. The predicted molar refractivity (Wildman–Crippen MR) is 122 cm³/mol. The molecule has 4 saturated carbocycles. The summed E-state index contributed by atoms with van der Waals surface area (Å²) in [5, 5.41) is 3.39. The van der Waals surface area contributed by atoms with Gasteiger partial charge in [-0.25, -0.2) is 8.42 Å². The van der Waals surface area contributed by atoms with Crippen molar-refractivity contribution in [2.45, 2.75) is 50.6 Å². The summed E-state index contributed by atoms with van der Waals surface area (Å²) in [6, 6.07) is 16.6. The summed E-state index contributed by atoms with van der Waals surface area (Å²) in [7, 11) is -3.57. The van der Waals surface area contributed by atoms with E-state index in [1.165, 1.54) is 29.8 Å². The zero-order chi connectivity index (χ0) is 21.6. The fraction of sp³-hybridized carbons (Fsp3) is 0.480. The third-order valence-corrected chi connectivity index (χ3v) is 8.53. The van der Waals surface area contributed by atoms with Crippen molar-refractivity contribution < 1.29 is 13.2 Å². The second-order valence-corrected chi connectivity index (χ2v) is 11.8. The largest absolute Gasteiger partial charge is 0.347 e. The number of anilines is 1. The van der Waals surface area contributed by atoms with Crippen molar-refractivity contribution in [2.75, 3.05) is 10.6 Å². The van der Waals surface area contributed by atoms with Crippen LogP contribution in [-0.2, 0) is 16.6 Å². The molecule has 2 aromatic carbocycles. The number of nitrogens with zero attached hydrogens (tertiary/aromatic N) is 1. The van der Waals surface area contributed by atoms with Gasteiger partial charge < -0.3 is 5.32 Å². The number of hydrogen-bond acceptors (Lipinski definition) is 3. The van der Waals surface area contributed by atoms with Crippen molar-refractivity contribution in [3.8, 4) is 0 Å². The van der Waals surface area contributed by atoms with Crippen molar-refractivity contribution in [2.24, 2.45) is 17.8 Å². The Morgan fingerprint density at radius 3 is 2.06 bits per heavy atom. The molecule has 0 radical (unpaired) electrons. The van der Waals surface area contributed by atoms with E-state index in [0.29, 0.717) is 11.3 Å². The third-order valence-electron chi connectivity index (χ3n) is 7.40. The molecule has 164 valence electrons. The fourth-order valence-corrected chi connectivity index (χ4v) is 7.49. The lowest BCUT2D eigenvalue weighted by atomic mass is 9.53. The van der Waals surface area contributed by atoms with Crippen LogP contribution in [0.25, 0.3) is 0 Å². The number of hydrogen-bond donors (Lipinski definition) is 1. The van der Waals surface area contributed by atoms with E-state index in [9.17, 15) is 13.2 Å². The maximum absolute atomic E-state index is 13.5. The van der Waals surface area contributed by atoms with Crippen LogP contribution in [0.2, 0.25) is 0 Å². The molecule has 4 aliphatic carbocycles. The minimum Gasteiger partial charge on any atom is -0.347 e. The van der Waals surface area contributed by atoms with Crippen molar-refractivity contribution >= 4 is 21.6 Å². The number of sulfonamides is 1. The maximum atomic E-state index is 13.5. The van der Waals surface area contributed by atoms with Crippen molar-refractivity contribution in [3.05, 3.63) is 65.7 Å². The van der Waals surface area contributed by atoms with Gasteiger partial charge in [0.15, 0.2) is 0 Å². The van der Waals surface area contributed by atoms with E-state index in [1.807, 2.05) is 30.3 Å². The molecule has 4 aliphatic rings. The quantitative estimate of drug-likeness (QED) is 0.729. The maximum Gasteiger partial charge on any atom is 0.253 e. The highest BCUT2D eigenvalue weighted by molar-refractivity contribution is 7.92. The van der Waals surface area contributed by atoms with Gasteiger partial charge in [-0.1, -0.05) is 42.5 Å². The zero-order valence-electron chi connectivity index (χ0n) is 18.0. The van der Waals surface area contributed by atoms with Crippen LogP contribution in [0, 0.1) is 17.8 Å². The van der Waals surface area contributed by atoms with Crippen LogP contribution >= 0.6 is 0 Å². The summed E-state index contributed by atoms with van der Waals surface area (Å²) >= 11 is 0. The molecule has 31 heavy (non-hydrogen) atoms. The number of benzene rings is 2. The average molecular weight is 439 g/mol. The van der Waals surface area contributed by atoms with E-state index in [1.54, 1.807) is 24.3 Å². The molecule has 0 spiro atoms. The van der Waals surface area contributed by atoms with Crippen LogP contribution in [-0.4, -0.2) is 26.1 Å². The summed E-state index contributed by atoms with van der Waals surface area (Å²) in [6.07, 6.45) is 8.32. The number of amides is 1. The zero-order valence-corrected chi connectivity index (χ0v) is 18.8. The van der Waals surface area contributed by atoms with Crippen molar-refractivity contribution in [1.82, 2.24) is 5.32 Å². The van der Waals surface area contributed by atoms with Gasteiger partial charge in [0.25, 0.3) is 5.91 Å². The molecule has 0 unspecified atom stereocenters. The predicted octanol–water partition coefficient (Wildman–Crippen LogP) is 4.35. The molecule has 4 fully saturated rings. The Kier molecular flexibility index (Phi) is 5.08. The lowest BCUT2D eigenvalue weighted by Crippen LogP contribution is -2.59. The van der Waals surface area contributed by atoms with Crippen LogP contribution in [0.5, 0.6) is 0 Å². The molecular weight excluding hydrogens is 408 g/mol. The van der Waals surface area contributed by atoms with E-state index in [0.717, 1.165) is 42.6 Å². The molecule has 1 amide bonds. The molecule has 0 heterocycles. The van der Waals surface area contributed by atoms with E-state index in [-0.39, 0.29) is 18.0 Å². The second-order valence-electron chi connectivity index (χ2n) is 9.92. The standard InChI is InChI=1S/C25H30N2O3S/c1-31(29,30)27(17-18-7-3-2-4-8-18)23-10-6-5-9-22(23)24(28)26-25-14-19-11-20(15-25)13-21(12-19)16-25/h2-10,19-21H,11-17H2,1H3,(H,26,28). The Balaban J connectivity index is 1.45. The van der Waals surface area contributed by atoms with E-state index in [4.69, 9.17) is 0 Å². The van der Waals surface area contributed by atoms with Crippen LogP contribution in [0.3, 0.4) is 0 Å². The Morgan fingerprint density at radius 2 is 1.48 bits per heavy atom. The summed E-state index contributed by atoms with van der Waals surface area (Å²) in [5.74, 6) is 2.03. The van der Waals surface area contributed by atoms with Gasteiger partial charge in [-0.05, 0) is 74.0 Å². The third kappa shape index (κ3) is 4.10. The Bertz CT molecular complexity index is 1050. The number of para-hydroxylation sites is 1. The van der Waals surface area contributed by atoms with Crippen LogP contribution in [0.4, 0.5) is 5.69 Å². The van der Waals surface area contributed by atoms with Gasteiger partial charge in [0.1, 0.15) is 0 Å². The van der Waals surface area contributed by atoms with Crippen molar-refractivity contribution in [1.29, 1.82) is 0 Å². The van der Waals surface area contributed by atoms with E-state index in [2.05, 4.69) is 5.32 Å². The summed E-state index contributed by atoms with van der Waals surface area (Å²) in [4.78, 5) is 13.5. The van der Waals surface area contributed by atoms with Gasteiger partial charge in [0, 0.05) is 5.54 Å². The normalized spacial score (nSPS) is 29.0. The van der Waals surface area contributed by atoms with Crippen molar-refractivity contribution in [3.63, 3.8) is 0 Å². The molecule has 2 aromatic rings. The number of carbonyl (C=O) groups is 1. The lowest BCUT2D eigenvalue weighted by molar-refractivity contribution is -0.0166. The molecule has 5 nitrogen and oxygen atoms in total. The highest BCUT2D eigenvalue weighted by Gasteiger charge is 2.51. The first-order valence-corrected chi connectivity index (χ1v) is 13.1. The molecule has 0 saturated heterocycles. The highest BCUT2D eigenvalue weighted by atomic mass is 32.2. The number of rotatable bonds is 6. The summed E-state index contributed by atoms with van der Waals surface area (Å²) in [5.41, 5.74) is 1.63. The molecule has 4 bridgehead atoms. The topological polar surface area (TPSA) is 66.5 Å². The Morgan fingerprint density at radius 1 is 0.935 bits per heavy atom. The lowest BCUT2D eigenvalue weighted by Gasteiger charge is -2.56. The van der Waals surface area contributed by atoms with Gasteiger partial charge in [-0.2, -0.15) is 0 Å². The molecular formula is C25H30N2O3S. The smallest absolute Gasteiger partial charge is 0.253 e. The fourth-order valence-electron chi connectivity index (χ4n) is 6.59. The number of carbonyl (C=O) groups excluding carboxylic acids is 1. The molecule has 0 aliphatic heterocycles. The first kappa shape index (κ1) is 20.6. The Hall–Kier alpha value is -2.34. The van der Waals surface area contributed by atoms with Gasteiger partial charge in [0.2, 0.25) is 10.0 Å². The molecule has 0 aromatic heterocycles. The minimum atomic E-state index is -3.57. The Labute approximate surface area is 184 Å². The molecule has 6 rings (SSSR count). The number of nitrogens with one attached hydrogen (secondary N) is 1. The van der Waals surface area contributed by atoms with Crippen LogP contribution < -0.4 is 9.62 Å². The summed E-state index contributed by atoms with van der Waals surface area (Å²) < 4.78 is 26.8. The van der Waals surface area contributed by atoms with Gasteiger partial charge >= 0.3 is 0 Å². The van der Waals surface area contributed by atoms with Gasteiger partial charge in [-0.3, -0.25) is 9.10 Å². The van der Waals surface area contributed by atoms with Gasteiger partial charge in [0.05, 0.1) is 24.1 Å². The average Bonchev–Trinajstić information content (AvgIpc) is 2.70. The first-order valence-electron chi connectivity index (χ1n) is 11.2. The van der Waals surface area contributed by atoms with Crippen LogP contribution in [0.1, 0.15) is 54.4 Å². The summed E-state index contributed by atoms with van der Waals surface area (Å²) in [6.45, 7) is 0.196. The monoisotopic (exact) mass is 438 g/mol. The van der Waals surface area contributed by atoms with Gasteiger partial charge in [-0.15, -0.1) is 0 Å². The minimum absolute atomic E-state index is 0.117. The van der Waals surface area contributed by atoms with Crippen LogP contribution in [0.15, 0.2) is 54.6 Å². The van der Waals surface area contributed by atoms with E-state index >= 15 is 0 Å². The first-order chi connectivity index (χ1) is 14.8. The highest BCUT2D eigenvalue weighted by Crippen LogP contribution is 2.55. The SMILES string of the molecule is CS(=O)(=O)N(Cc1ccccc1)c1ccccc1C(=O)NC12CC3CC(CC(C3)C1)C2. The molecule has 1 N–H and O–H groups in total. The van der Waals surface area contributed by atoms with E-state index < -0.39 is 10.0 Å².